The molecule has 200 valence electrons. The highest BCUT2D eigenvalue weighted by atomic mass is 32.1. The summed E-state index contributed by atoms with van der Waals surface area (Å²) >= 11 is 0.929. The summed E-state index contributed by atoms with van der Waals surface area (Å²) in [7, 11) is 1.43. The third-order valence-corrected chi connectivity index (χ3v) is 7.24. The molecule has 2 N–H and O–H groups in total. The average Bonchev–Trinajstić information content (AvgIpc) is 3.72. The van der Waals surface area contributed by atoms with E-state index in [1.165, 1.54) is 55.5 Å². The van der Waals surface area contributed by atoms with Crippen LogP contribution in [-0.4, -0.2) is 75.6 Å². The molecule has 0 unspecified atom stereocenters. The maximum Gasteiger partial charge on any atom is 0.319 e. The van der Waals surface area contributed by atoms with Crippen molar-refractivity contribution in [3.8, 4) is 10.8 Å². The van der Waals surface area contributed by atoms with Gasteiger partial charge in [-0.3, -0.25) is 29.4 Å². The molecule has 0 spiro atoms. The van der Waals surface area contributed by atoms with Gasteiger partial charge < -0.3 is 14.9 Å². The Bertz CT molecular complexity index is 1310. The summed E-state index contributed by atoms with van der Waals surface area (Å²) in [6.07, 6.45) is 6.42. The second-order valence-electron chi connectivity index (χ2n) is 9.07. The summed E-state index contributed by atoms with van der Waals surface area (Å²) in [6.45, 7) is 3.93. The van der Waals surface area contributed by atoms with Crippen LogP contribution in [0.25, 0.3) is 5.69 Å². The highest BCUT2D eigenvalue weighted by molar-refractivity contribution is 7.15. The van der Waals surface area contributed by atoms with Crippen molar-refractivity contribution in [2.75, 3.05) is 33.2 Å². The lowest BCUT2D eigenvalue weighted by Gasteiger charge is -2.23. The summed E-state index contributed by atoms with van der Waals surface area (Å²) in [5.74, 6) is -0.898. The van der Waals surface area contributed by atoms with E-state index in [0.29, 0.717) is 16.1 Å². The molecule has 38 heavy (non-hydrogen) atoms. The number of nitrogens with zero attached hydrogens (tertiary/aromatic N) is 4. The SMILES string of the molecule is CN(NC(=O)c1ccc(-n2ccccc2=O)cc1)C(=O)c1ccc(O)s1.O=C(N1CCCC1)N1CCCC1. The first-order valence-corrected chi connectivity index (χ1v) is 13.3. The number of thiophene rings is 1. The minimum absolute atomic E-state index is 0.0276. The number of nitrogens with one attached hydrogen (secondary N) is 1. The van der Waals surface area contributed by atoms with Crippen molar-refractivity contribution in [2.24, 2.45) is 0 Å². The zero-order chi connectivity index (χ0) is 27.1. The number of urea groups is 1. The molecule has 0 bridgehead atoms. The van der Waals surface area contributed by atoms with Crippen molar-refractivity contribution in [3.63, 3.8) is 0 Å². The van der Waals surface area contributed by atoms with Gasteiger partial charge in [0.25, 0.3) is 17.4 Å². The Kier molecular flexibility index (Phi) is 8.80. The lowest BCUT2D eigenvalue weighted by atomic mass is 10.2. The van der Waals surface area contributed by atoms with E-state index in [1.54, 1.807) is 42.6 Å². The Balaban J connectivity index is 0.000000232. The monoisotopic (exact) mass is 537 g/mol. The fourth-order valence-corrected chi connectivity index (χ4v) is 5.03. The molecule has 4 heterocycles. The number of aromatic hydroxyl groups is 1. The summed E-state index contributed by atoms with van der Waals surface area (Å²) in [5, 5.41) is 10.4. The number of benzene rings is 1. The van der Waals surface area contributed by atoms with Gasteiger partial charge in [-0.05, 0) is 68.1 Å². The second-order valence-corrected chi connectivity index (χ2v) is 10.1. The first-order chi connectivity index (χ1) is 18.3. The summed E-state index contributed by atoms with van der Waals surface area (Å²) in [4.78, 5) is 52.3. The predicted molar refractivity (Wildman–Crippen MR) is 145 cm³/mol. The Morgan fingerprint density at radius 3 is 2.00 bits per heavy atom. The van der Waals surface area contributed by atoms with Crippen LogP contribution >= 0.6 is 11.3 Å². The maximum atomic E-state index is 12.3. The third kappa shape index (κ3) is 6.60. The zero-order valence-electron chi connectivity index (χ0n) is 21.2. The van der Waals surface area contributed by atoms with Crippen LogP contribution in [0.15, 0.2) is 65.6 Å². The van der Waals surface area contributed by atoms with Gasteiger partial charge in [-0.15, -0.1) is 0 Å². The molecule has 4 amide bonds. The highest BCUT2D eigenvalue weighted by Gasteiger charge is 2.25. The Morgan fingerprint density at radius 1 is 0.868 bits per heavy atom. The molecule has 0 aliphatic carbocycles. The van der Waals surface area contributed by atoms with Crippen LogP contribution in [-0.2, 0) is 0 Å². The fourth-order valence-electron chi connectivity index (χ4n) is 4.31. The van der Waals surface area contributed by atoms with Crippen molar-refractivity contribution in [1.82, 2.24) is 24.8 Å². The number of pyridine rings is 1. The molecule has 2 aliphatic heterocycles. The Morgan fingerprint density at radius 2 is 1.47 bits per heavy atom. The number of hydrogen-bond acceptors (Lipinski definition) is 6. The molecule has 2 aromatic heterocycles. The van der Waals surface area contributed by atoms with Crippen LogP contribution in [0.3, 0.4) is 0 Å². The molecular weight excluding hydrogens is 506 g/mol. The van der Waals surface area contributed by atoms with Gasteiger partial charge in [0.05, 0.1) is 4.88 Å². The quantitative estimate of drug-likeness (QED) is 0.498. The van der Waals surface area contributed by atoms with Gasteiger partial charge in [-0.2, -0.15) is 0 Å². The number of aromatic nitrogens is 1. The van der Waals surface area contributed by atoms with E-state index < -0.39 is 11.8 Å². The van der Waals surface area contributed by atoms with Crippen molar-refractivity contribution in [2.45, 2.75) is 25.7 Å². The molecule has 0 radical (unpaired) electrons. The smallest absolute Gasteiger partial charge is 0.319 e. The lowest BCUT2D eigenvalue weighted by molar-refractivity contribution is 0.0640. The van der Waals surface area contributed by atoms with Gasteiger partial charge in [0, 0.05) is 56.7 Å². The van der Waals surface area contributed by atoms with Gasteiger partial charge in [-0.25, -0.2) is 4.79 Å². The third-order valence-electron chi connectivity index (χ3n) is 6.36. The van der Waals surface area contributed by atoms with Crippen LogP contribution in [0.2, 0.25) is 0 Å². The van der Waals surface area contributed by atoms with Gasteiger partial charge in [0.1, 0.15) is 0 Å². The molecule has 1 aromatic carbocycles. The van der Waals surface area contributed by atoms with Crippen molar-refractivity contribution in [3.05, 3.63) is 81.6 Å². The van der Waals surface area contributed by atoms with Crippen molar-refractivity contribution >= 4 is 29.2 Å². The van der Waals surface area contributed by atoms with E-state index in [2.05, 4.69) is 5.43 Å². The Hall–Kier alpha value is -4.12. The first-order valence-electron chi connectivity index (χ1n) is 12.5. The average molecular weight is 538 g/mol. The minimum Gasteiger partial charge on any atom is -0.499 e. The van der Waals surface area contributed by atoms with Crippen LogP contribution in [0, 0.1) is 0 Å². The first kappa shape index (κ1) is 26.9. The molecule has 2 aliphatic rings. The highest BCUT2D eigenvalue weighted by Crippen LogP contribution is 2.23. The molecule has 0 atom stereocenters. The van der Waals surface area contributed by atoms with E-state index in [-0.39, 0.29) is 16.7 Å². The van der Waals surface area contributed by atoms with E-state index in [4.69, 9.17) is 0 Å². The number of carbonyl (C=O) groups excluding carboxylic acids is 3. The zero-order valence-corrected chi connectivity index (χ0v) is 22.0. The van der Waals surface area contributed by atoms with Gasteiger partial charge >= 0.3 is 6.03 Å². The standard InChI is InChI=1S/C18H15N3O4S.C9H16N2O/c1-20(18(25)14-9-10-16(23)26-14)19-17(24)12-5-7-13(8-6-12)21-11-3-2-4-15(21)22;12-9(10-5-1-2-6-10)11-7-3-4-8-11/h2-11,23H,1H3,(H,19,24);1-8H2. The van der Waals surface area contributed by atoms with Crippen molar-refractivity contribution < 1.29 is 19.5 Å². The molecule has 2 fully saturated rings. The van der Waals surface area contributed by atoms with E-state index in [9.17, 15) is 24.3 Å². The molecule has 10 nitrogen and oxygen atoms in total. The molecule has 0 saturated carbocycles. The molecule has 2 saturated heterocycles. The van der Waals surface area contributed by atoms with Crippen LogP contribution in [0.5, 0.6) is 5.06 Å². The number of rotatable bonds is 3. The Labute approximate surface area is 224 Å². The van der Waals surface area contributed by atoms with Crippen molar-refractivity contribution in [1.29, 1.82) is 0 Å². The minimum atomic E-state index is -0.464. The summed E-state index contributed by atoms with van der Waals surface area (Å²) in [5.41, 5.74) is 3.27. The normalized spacial score (nSPS) is 14.6. The van der Waals surface area contributed by atoms with Crippen LogP contribution < -0.4 is 11.0 Å². The number of hydrazine groups is 1. The van der Waals surface area contributed by atoms with Crippen LogP contribution in [0.1, 0.15) is 45.7 Å². The second kappa shape index (κ2) is 12.4. The van der Waals surface area contributed by atoms with Gasteiger partial charge in [0.2, 0.25) is 0 Å². The van der Waals surface area contributed by atoms with Crippen LogP contribution in [0.4, 0.5) is 4.79 Å². The molecule has 11 heteroatoms. The topological polar surface area (TPSA) is 115 Å². The predicted octanol–water partition coefficient (Wildman–Crippen LogP) is 3.32. The number of amides is 4. The number of carbonyl (C=O) groups is 3. The molecule has 3 aromatic rings. The number of hydrogen-bond donors (Lipinski definition) is 2. The molecule has 5 rings (SSSR count). The van der Waals surface area contributed by atoms with E-state index >= 15 is 0 Å². The number of likely N-dealkylation sites (tertiary alicyclic amines) is 2. The lowest BCUT2D eigenvalue weighted by Crippen LogP contribution is -2.43. The largest absolute Gasteiger partial charge is 0.499 e. The van der Waals surface area contributed by atoms with E-state index in [1.807, 2.05) is 9.80 Å². The van der Waals surface area contributed by atoms with Gasteiger partial charge in [-0.1, -0.05) is 17.4 Å². The maximum absolute atomic E-state index is 12.3. The van der Waals surface area contributed by atoms with Gasteiger partial charge in [0.15, 0.2) is 5.06 Å². The summed E-state index contributed by atoms with van der Waals surface area (Å²) in [6, 6.07) is 14.5. The molecular formula is C27H31N5O5S. The van der Waals surface area contributed by atoms with E-state index in [0.717, 1.165) is 42.5 Å². The summed E-state index contributed by atoms with van der Waals surface area (Å²) < 4.78 is 1.46. The fraction of sp³-hybridized carbons (Fsp3) is 0.333.